The highest BCUT2D eigenvalue weighted by Gasteiger charge is 2.20. The molecule has 3 unspecified atom stereocenters. The van der Waals surface area contributed by atoms with Crippen molar-refractivity contribution in [3.05, 3.63) is 35.4 Å². The van der Waals surface area contributed by atoms with Crippen LogP contribution in [0.15, 0.2) is 24.3 Å². The van der Waals surface area contributed by atoms with Crippen molar-refractivity contribution in [3.63, 3.8) is 0 Å². The maximum atomic E-state index is 10.5. The van der Waals surface area contributed by atoms with Crippen LogP contribution in [0.5, 0.6) is 0 Å². The Bertz CT molecular complexity index is 415. The van der Waals surface area contributed by atoms with Crippen molar-refractivity contribution in [2.45, 2.75) is 38.4 Å². The number of aliphatic hydroxyl groups excluding tert-OH is 3. The normalized spacial score (nSPS) is 21.0. The molecule has 21 heavy (non-hydrogen) atoms. The highest BCUT2D eigenvalue weighted by atomic mass is 16.3. The Labute approximate surface area is 127 Å². The smallest absolute Gasteiger partial charge is 0.102 e. The van der Waals surface area contributed by atoms with Crippen LogP contribution in [-0.4, -0.2) is 46.5 Å². The average molecular weight is 293 g/mol. The van der Waals surface area contributed by atoms with Gasteiger partial charge in [0, 0.05) is 6.54 Å². The topological polar surface area (TPSA) is 63.9 Å². The Morgan fingerprint density at radius 1 is 1.00 bits per heavy atom. The number of piperidine rings is 1. The molecule has 4 heteroatoms. The van der Waals surface area contributed by atoms with Crippen LogP contribution in [0.1, 0.15) is 49.5 Å². The Hall–Kier alpha value is -0.940. The average Bonchev–Trinajstić information content (AvgIpc) is 2.54. The fourth-order valence-electron chi connectivity index (χ4n) is 3.00. The third-order valence-electron chi connectivity index (χ3n) is 4.37. The highest BCUT2D eigenvalue weighted by molar-refractivity contribution is 5.26. The van der Waals surface area contributed by atoms with Crippen LogP contribution in [-0.2, 0) is 0 Å². The van der Waals surface area contributed by atoms with Gasteiger partial charge in [0.2, 0.25) is 0 Å². The fraction of sp³-hybridized carbons (Fsp3) is 0.647. The number of hydrogen-bond donors (Lipinski definition) is 3. The van der Waals surface area contributed by atoms with Crippen LogP contribution >= 0.6 is 0 Å². The van der Waals surface area contributed by atoms with Crippen LogP contribution < -0.4 is 0 Å². The zero-order chi connectivity index (χ0) is 15.2. The molecule has 1 aliphatic rings. The van der Waals surface area contributed by atoms with Gasteiger partial charge in [0.05, 0.1) is 12.7 Å². The minimum absolute atomic E-state index is 0.178. The van der Waals surface area contributed by atoms with Crippen molar-refractivity contribution in [2.24, 2.45) is 5.92 Å². The lowest BCUT2D eigenvalue weighted by molar-refractivity contribution is 0.0815. The van der Waals surface area contributed by atoms with Gasteiger partial charge in [-0.1, -0.05) is 37.6 Å². The molecule has 0 aromatic heterocycles. The van der Waals surface area contributed by atoms with Gasteiger partial charge in [-0.05, 0) is 43.0 Å². The van der Waals surface area contributed by atoms with Crippen LogP contribution in [0.2, 0.25) is 0 Å². The molecule has 118 valence electrons. The van der Waals surface area contributed by atoms with E-state index in [9.17, 15) is 10.2 Å². The SMILES string of the molecule is CC(CN1CCCCC1)C(O)c1ccc(C(O)CO)cc1. The molecule has 1 aromatic carbocycles. The number of hydrogen-bond acceptors (Lipinski definition) is 4. The quantitative estimate of drug-likeness (QED) is 0.749. The number of nitrogens with zero attached hydrogens (tertiary/aromatic N) is 1. The lowest BCUT2D eigenvalue weighted by Gasteiger charge is -2.31. The fourth-order valence-corrected chi connectivity index (χ4v) is 3.00. The molecule has 0 spiro atoms. The van der Waals surface area contributed by atoms with E-state index >= 15 is 0 Å². The van der Waals surface area contributed by atoms with Crippen molar-refractivity contribution in [2.75, 3.05) is 26.2 Å². The van der Waals surface area contributed by atoms with E-state index in [-0.39, 0.29) is 12.5 Å². The summed E-state index contributed by atoms with van der Waals surface area (Å²) in [5, 5.41) is 29.0. The second-order valence-electron chi connectivity index (χ2n) is 6.15. The van der Waals surface area contributed by atoms with Gasteiger partial charge < -0.3 is 20.2 Å². The number of benzene rings is 1. The van der Waals surface area contributed by atoms with Crippen molar-refractivity contribution in [1.82, 2.24) is 4.90 Å². The molecule has 1 heterocycles. The standard InChI is InChI=1S/C17H27NO3/c1-13(11-18-9-3-2-4-10-18)17(21)15-7-5-14(6-8-15)16(20)12-19/h5-8,13,16-17,19-21H,2-4,9-12H2,1H3. The molecule has 0 amide bonds. The van der Waals surface area contributed by atoms with Crippen LogP contribution in [0, 0.1) is 5.92 Å². The molecular weight excluding hydrogens is 266 g/mol. The van der Waals surface area contributed by atoms with Crippen LogP contribution in [0.4, 0.5) is 0 Å². The summed E-state index contributed by atoms with van der Waals surface area (Å²) in [7, 11) is 0. The third kappa shape index (κ3) is 4.51. The lowest BCUT2D eigenvalue weighted by atomic mass is 9.95. The van der Waals surface area contributed by atoms with E-state index < -0.39 is 12.2 Å². The maximum absolute atomic E-state index is 10.5. The van der Waals surface area contributed by atoms with Gasteiger partial charge in [0.25, 0.3) is 0 Å². The minimum Gasteiger partial charge on any atom is -0.393 e. The van der Waals surface area contributed by atoms with Gasteiger partial charge in [-0.2, -0.15) is 0 Å². The Morgan fingerprint density at radius 2 is 1.57 bits per heavy atom. The van der Waals surface area contributed by atoms with Gasteiger partial charge in [0.15, 0.2) is 0 Å². The van der Waals surface area contributed by atoms with Crippen molar-refractivity contribution >= 4 is 0 Å². The molecule has 0 aliphatic carbocycles. The summed E-state index contributed by atoms with van der Waals surface area (Å²) in [6.45, 7) is 4.99. The molecule has 3 N–H and O–H groups in total. The zero-order valence-electron chi connectivity index (χ0n) is 12.8. The summed E-state index contributed by atoms with van der Waals surface area (Å²) in [6.07, 6.45) is 2.50. The molecule has 0 bridgehead atoms. The first-order valence-electron chi connectivity index (χ1n) is 7.91. The summed E-state index contributed by atoms with van der Waals surface area (Å²) >= 11 is 0. The summed E-state index contributed by atoms with van der Waals surface area (Å²) in [4.78, 5) is 2.43. The molecule has 1 saturated heterocycles. The predicted octanol–water partition coefficient (Wildman–Crippen LogP) is 1.87. The van der Waals surface area contributed by atoms with Gasteiger partial charge in [-0.15, -0.1) is 0 Å². The molecule has 1 aliphatic heterocycles. The molecule has 1 aromatic rings. The van der Waals surface area contributed by atoms with E-state index in [1.165, 1.54) is 19.3 Å². The van der Waals surface area contributed by atoms with Gasteiger partial charge in [-0.25, -0.2) is 0 Å². The first-order chi connectivity index (χ1) is 10.1. The lowest BCUT2D eigenvalue weighted by Crippen LogP contribution is -2.35. The first kappa shape index (κ1) is 16.4. The summed E-state index contributed by atoms with van der Waals surface area (Å²) in [6, 6.07) is 7.22. The van der Waals surface area contributed by atoms with Crippen molar-refractivity contribution < 1.29 is 15.3 Å². The predicted molar refractivity (Wildman–Crippen MR) is 82.9 cm³/mol. The van der Waals surface area contributed by atoms with Gasteiger partial charge in [-0.3, -0.25) is 0 Å². The minimum atomic E-state index is -0.845. The molecule has 3 atom stereocenters. The summed E-state index contributed by atoms with van der Waals surface area (Å²) in [5.41, 5.74) is 1.55. The van der Waals surface area contributed by atoms with E-state index in [0.717, 1.165) is 25.2 Å². The van der Waals surface area contributed by atoms with Crippen LogP contribution in [0.3, 0.4) is 0 Å². The molecular formula is C17H27NO3. The molecule has 4 nitrogen and oxygen atoms in total. The van der Waals surface area contributed by atoms with E-state index in [1.54, 1.807) is 12.1 Å². The summed E-state index contributed by atoms with van der Waals surface area (Å²) in [5.74, 6) is 0.178. The monoisotopic (exact) mass is 293 g/mol. The third-order valence-corrected chi connectivity index (χ3v) is 4.37. The molecule has 1 fully saturated rings. The second kappa shape index (κ2) is 7.90. The Balaban J connectivity index is 1.93. The van der Waals surface area contributed by atoms with E-state index in [0.29, 0.717) is 5.56 Å². The van der Waals surface area contributed by atoms with E-state index in [2.05, 4.69) is 11.8 Å². The van der Waals surface area contributed by atoms with E-state index in [1.807, 2.05) is 12.1 Å². The molecule has 2 rings (SSSR count). The van der Waals surface area contributed by atoms with Crippen molar-refractivity contribution in [1.29, 1.82) is 0 Å². The summed E-state index contributed by atoms with van der Waals surface area (Å²) < 4.78 is 0. The Morgan fingerprint density at radius 3 is 2.14 bits per heavy atom. The maximum Gasteiger partial charge on any atom is 0.102 e. The molecule has 0 saturated carbocycles. The molecule has 0 radical (unpaired) electrons. The van der Waals surface area contributed by atoms with Gasteiger partial charge in [0.1, 0.15) is 6.10 Å². The highest BCUT2D eigenvalue weighted by Crippen LogP contribution is 2.25. The largest absolute Gasteiger partial charge is 0.393 e. The Kier molecular flexibility index (Phi) is 6.18. The number of rotatable bonds is 6. The van der Waals surface area contributed by atoms with Gasteiger partial charge >= 0.3 is 0 Å². The zero-order valence-corrected chi connectivity index (χ0v) is 12.8. The first-order valence-corrected chi connectivity index (χ1v) is 7.91. The van der Waals surface area contributed by atoms with E-state index in [4.69, 9.17) is 5.11 Å². The number of aliphatic hydroxyl groups is 3. The number of likely N-dealkylation sites (tertiary alicyclic amines) is 1. The second-order valence-corrected chi connectivity index (χ2v) is 6.15. The van der Waals surface area contributed by atoms with Crippen LogP contribution in [0.25, 0.3) is 0 Å². The van der Waals surface area contributed by atoms with Crippen molar-refractivity contribution in [3.8, 4) is 0 Å².